The van der Waals surface area contributed by atoms with Gasteiger partial charge in [-0.1, -0.05) is 24.3 Å². The summed E-state index contributed by atoms with van der Waals surface area (Å²) < 4.78 is 15.2. The average Bonchev–Trinajstić information content (AvgIpc) is 3.04. The SMILES string of the molecule is Cc1cc(/C=C2\C(=O)NC(=O)N(c3cccc(F)c3)C2=O)c(C)n1NC(=O)c1ccccc1. The average molecular weight is 446 g/mol. The molecule has 2 aromatic carbocycles. The number of amides is 5. The third kappa shape index (κ3) is 4.16. The number of carbonyl (C=O) groups excluding carboxylic acids is 4. The molecule has 2 heterocycles. The molecule has 0 bridgehead atoms. The van der Waals surface area contributed by atoms with Crippen molar-refractivity contribution in [2.75, 3.05) is 10.3 Å². The molecule has 1 aliphatic heterocycles. The summed E-state index contributed by atoms with van der Waals surface area (Å²) in [6.07, 6.45) is 1.34. The van der Waals surface area contributed by atoms with E-state index >= 15 is 0 Å². The second kappa shape index (κ2) is 8.54. The number of benzene rings is 2. The largest absolute Gasteiger partial charge is 0.335 e. The number of halogens is 1. The Morgan fingerprint density at radius 3 is 2.42 bits per heavy atom. The van der Waals surface area contributed by atoms with Gasteiger partial charge in [0.1, 0.15) is 11.4 Å². The minimum Gasteiger partial charge on any atom is -0.273 e. The van der Waals surface area contributed by atoms with E-state index < -0.39 is 23.7 Å². The van der Waals surface area contributed by atoms with Gasteiger partial charge in [-0.2, -0.15) is 0 Å². The smallest absolute Gasteiger partial charge is 0.273 e. The number of hydrogen-bond acceptors (Lipinski definition) is 4. The zero-order valence-electron chi connectivity index (χ0n) is 17.8. The highest BCUT2D eigenvalue weighted by molar-refractivity contribution is 6.39. The van der Waals surface area contributed by atoms with Crippen molar-refractivity contribution in [2.45, 2.75) is 13.8 Å². The maximum atomic E-state index is 13.6. The van der Waals surface area contributed by atoms with Crippen molar-refractivity contribution in [2.24, 2.45) is 0 Å². The highest BCUT2D eigenvalue weighted by Crippen LogP contribution is 2.24. The normalized spacial score (nSPS) is 15.1. The van der Waals surface area contributed by atoms with E-state index in [0.717, 1.165) is 6.07 Å². The molecular weight excluding hydrogens is 427 g/mol. The molecule has 33 heavy (non-hydrogen) atoms. The number of anilines is 1. The summed E-state index contributed by atoms with van der Waals surface area (Å²) in [6.45, 7) is 3.47. The van der Waals surface area contributed by atoms with Crippen LogP contribution in [0.2, 0.25) is 0 Å². The minimum atomic E-state index is -0.964. The molecule has 5 amide bonds. The van der Waals surface area contributed by atoms with Crippen molar-refractivity contribution in [3.05, 3.63) is 94.6 Å². The lowest BCUT2D eigenvalue weighted by Crippen LogP contribution is -2.54. The van der Waals surface area contributed by atoms with E-state index in [0.29, 0.717) is 27.4 Å². The van der Waals surface area contributed by atoms with Crippen LogP contribution >= 0.6 is 0 Å². The Labute approximate surface area is 188 Å². The molecule has 1 fully saturated rings. The molecule has 166 valence electrons. The lowest BCUT2D eigenvalue weighted by Gasteiger charge is -2.26. The summed E-state index contributed by atoms with van der Waals surface area (Å²) in [5, 5.41) is 2.10. The predicted octanol–water partition coefficient (Wildman–Crippen LogP) is 3.29. The summed E-state index contributed by atoms with van der Waals surface area (Å²) in [4.78, 5) is 51.0. The van der Waals surface area contributed by atoms with Gasteiger partial charge in [0, 0.05) is 17.0 Å². The quantitative estimate of drug-likeness (QED) is 0.474. The van der Waals surface area contributed by atoms with Gasteiger partial charge < -0.3 is 0 Å². The maximum Gasteiger partial charge on any atom is 0.335 e. The molecule has 2 N–H and O–H groups in total. The summed E-state index contributed by atoms with van der Waals surface area (Å²) in [7, 11) is 0. The monoisotopic (exact) mass is 446 g/mol. The summed E-state index contributed by atoms with van der Waals surface area (Å²) in [5.74, 6) is -2.71. The van der Waals surface area contributed by atoms with Crippen LogP contribution in [0.3, 0.4) is 0 Å². The van der Waals surface area contributed by atoms with Gasteiger partial charge in [-0.05, 0) is 61.9 Å². The molecule has 1 aliphatic rings. The molecule has 0 radical (unpaired) electrons. The van der Waals surface area contributed by atoms with Crippen LogP contribution < -0.4 is 15.6 Å². The molecule has 1 saturated heterocycles. The number of aryl methyl sites for hydroxylation is 1. The third-order valence-electron chi connectivity index (χ3n) is 5.19. The minimum absolute atomic E-state index is 0.00324. The van der Waals surface area contributed by atoms with Crippen LogP contribution in [0.1, 0.15) is 27.3 Å². The van der Waals surface area contributed by atoms with Crippen LogP contribution in [0.15, 0.2) is 66.2 Å². The van der Waals surface area contributed by atoms with E-state index in [-0.39, 0.29) is 17.2 Å². The second-order valence-corrected chi connectivity index (χ2v) is 7.41. The van der Waals surface area contributed by atoms with E-state index in [9.17, 15) is 23.6 Å². The van der Waals surface area contributed by atoms with E-state index in [1.54, 1.807) is 54.9 Å². The predicted molar refractivity (Wildman–Crippen MR) is 119 cm³/mol. The Hall–Kier alpha value is -4.53. The lowest BCUT2D eigenvalue weighted by atomic mass is 10.1. The molecule has 1 aromatic heterocycles. The fourth-order valence-electron chi connectivity index (χ4n) is 3.52. The van der Waals surface area contributed by atoms with Gasteiger partial charge in [0.25, 0.3) is 17.7 Å². The number of nitrogens with zero attached hydrogens (tertiary/aromatic N) is 2. The number of hydrogen-bond donors (Lipinski definition) is 2. The first-order chi connectivity index (χ1) is 15.8. The van der Waals surface area contributed by atoms with E-state index in [2.05, 4.69) is 10.7 Å². The Bertz CT molecular complexity index is 1330. The van der Waals surface area contributed by atoms with Crippen LogP contribution in [0.5, 0.6) is 0 Å². The van der Waals surface area contributed by atoms with Gasteiger partial charge in [0.05, 0.1) is 5.69 Å². The van der Waals surface area contributed by atoms with Crippen LogP contribution in [0.25, 0.3) is 6.08 Å². The van der Waals surface area contributed by atoms with Gasteiger partial charge in [0.2, 0.25) is 0 Å². The van der Waals surface area contributed by atoms with Crippen LogP contribution in [0, 0.1) is 19.7 Å². The number of imide groups is 2. The number of barbiturate groups is 1. The fraction of sp³-hybridized carbons (Fsp3) is 0.0833. The maximum absolute atomic E-state index is 13.6. The molecule has 3 aromatic rings. The first-order valence-corrected chi connectivity index (χ1v) is 9.98. The number of rotatable bonds is 4. The van der Waals surface area contributed by atoms with Crippen molar-refractivity contribution >= 4 is 35.5 Å². The Kier molecular flexibility index (Phi) is 5.61. The highest BCUT2D eigenvalue weighted by Gasteiger charge is 2.37. The van der Waals surface area contributed by atoms with Gasteiger partial charge in [-0.25, -0.2) is 14.1 Å². The summed E-state index contributed by atoms with van der Waals surface area (Å²) >= 11 is 0. The topological polar surface area (TPSA) is 101 Å². The van der Waals surface area contributed by atoms with Crippen molar-refractivity contribution in [3.63, 3.8) is 0 Å². The molecular formula is C24H19FN4O4. The van der Waals surface area contributed by atoms with Crippen LogP contribution in [0.4, 0.5) is 14.9 Å². The van der Waals surface area contributed by atoms with Crippen molar-refractivity contribution < 1.29 is 23.6 Å². The first kappa shape index (κ1) is 21.7. The van der Waals surface area contributed by atoms with Crippen molar-refractivity contribution in [1.29, 1.82) is 0 Å². The molecule has 8 nitrogen and oxygen atoms in total. The van der Waals surface area contributed by atoms with E-state index in [1.165, 1.54) is 24.3 Å². The third-order valence-corrected chi connectivity index (χ3v) is 5.19. The highest BCUT2D eigenvalue weighted by atomic mass is 19.1. The zero-order valence-corrected chi connectivity index (χ0v) is 17.8. The Morgan fingerprint density at radius 1 is 1.00 bits per heavy atom. The van der Waals surface area contributed by atoms with Gasteiger partial charge in [0.15, 0.2) is 0 Å². The molecule has 9 heteroatoms. The summed E-state index contributed by atoms with van der Waals surface area (Å²) in [5.41, 5.74) is 4.67. The molecule has 0 unspecified atom stereocenters. The standard InChI is InChI=1S/C24H19FN4O4/c1-14-11-17(15(2)29(14)27-21(30)16-7-4-3-5-8-16)12-20-22(31)26-24(33)28(23(20)32)19-10-6-9-18(25)13-19/h3-13H,1-2H3,(H,27,30)(H,26,31,33)/b20-12+. The fourth-order valence-corrected chi connectivity index (χ4v) is 3.52. The van der Waals surface area contributed by atoms with E-state index in [1.807, 2.05) is 0 Å². The van der Waals surface area contributed by atoms with Crippen molar-refractivity contribution in [3.8, 4) is 0 Å². The molecule has 0 aliphatic carbocycles. The van der Waals surface area contributed by atoms with Gasteiger partial charge >= 0.3 is 6.03 Å². The van der Waals surface area contributed by atoms with Crippen molar-refractivity contribution in [1.82, 2.24) is 9.99 Å². The summed E-state index contributed by atoms with van der Waals surface area (Å²) in [6, 6.07) is 14.3. The molecule has 0 spiro atoms. The zero-order chi connectivity index (χ0) is 23.7. The number of carbonyl (C=O) groups is 4. The van der Waals surface area contributed by atoms with Gasteiger partial charge in [-0.15, -0.1) is 0 Å². The van der Waals surface area contributed by atoms with E-state index in [4.69, 9.17) is 0 Å². The Balaban J connectivity index is 1.67. The number of urea groups is 1. The molecule has 0 atom stereocenters. The Morgan fingerprint density at radius 2 is 1.73 bits per heavy atom. The van der Waals surface area contributed by atoms with Crippen LogP contribution in [-0.2, 0) is 9.59 Å². The van der Waals surface area contributed by atoms with Gasteiger partial charge in [-0.3, -0.25) is 29.8 Å². The molecule has 4 rings (SSSR count). The lowest BCUT2D eigenvalue weighted by molar-refractivity contribution is -0.122. The number of nitrogens with one attached hydrogen (secondary N) is 2. The van der Waals surface area contributed by atoms with Crippen LogP contribution in [-0.4, -0.2) is 28.4 Å². The number of aromatic nitrogens is 1. The first-order valence-electron chi connectivity index (χ1n) is 9.98. The molecule has 0 saturated carbocycles. The second-order valence-electron chi connectivity index (χ2n) is 7.41.